The third-order valence-corrected chi connectivity index (χ3v) is 4.02. The summed E-state index contributed by atoms with van der Waals surface area (Å²) in [6.45, 7) is -0.301. The lowest BCUT2D eigenvalue weighted by Crippen LogP contribution is -2.37. The predicted molar refractivity (Wildman–Crippen MR) is 78.7 cm³/mol. The van der Waals surface area contributed by atoms with Crippen LogP contribution in [0.25, 0.3) is 0 Å². The Bertz CT molecular complexity index is 671. The van der Waals surface area contributed by atoms with E-state index in [0.29, 0.717) is 0 Å². The van der Waals surface area contributed by atoms with Gasteiger partial charge in [-0.2, -0.15) is 0 Å². The smallest absolute Gasteiger partial charge is 0.330 e. The fourth-order valence-corrected chi connectivity index (χ4v) is 2.62. The monoisotopic (exact) mass is 356 g/mol. The minimum Gasteiger partial charge on any atom is -0.387 e. The number of aromatic nitrogens is 2. The first-order valence-corrected chi connectivity index (χ1v) is 9.55. The molecule has 1 aromatic heterocycles. The third kappa shape index (κ3) is 4.02. The maximum absolute atomic E-state index is 11.6. The van der Waals surface area contributed by atoms with Gasteiger partial charge in [-0.15, -0.1) is 0 Å². The number of rotatable bonds is 4. The lowest BCUT2D eigenvalue weighted by Gasteiger charge is -2.17. The molecule has 2 rings (SSSR count). The molecular weight excluding hydrogens is 343 g/mol. The minimum atomic E-state index is -3.23. The van der Waals surface area contributed by atoms with Gasteiger partial charge in [0.25, 0.3) is 5.56 Å². The molecule has 0 saturated carbocycles. The highest BCUT2D eigenvalue weighted by Gasteiger charge is 2.44. The van der Waals surface area contributed by atoms with Crippen LogP contribution in [0.1, 0.15) is 6.23 Å². The number of ether oxygens (including phenoxy) is 1. The Morgan fingerprint density at radius 1 is 1.48 bits per heavy atom. The molecule has 0 radical (unpaired) electrons. The van der Waals surface area contributed by atoms with Crippen LogP contribution < -0.4 is 11.2 Å². The van der Waals surface area contributed by atoms with Crippen LogP contribution in [-0.2, 0) is 21.1 Å². The Morgan fingerprint density at radius 3 is 2.71 bits per heavy atom. The summed E-state index contributed by atoms with van der Waals surface area (Å²) in [4.78, 5) is 33.9. The Hall–Kier alpha value is -0.520. The molecule has 4 N–H and O–H groups in total. The molecule has 2 heterocycles. The van der Waals surface area contributed by atoms with Crippen LogP contribution in [0.5, 0.6) is 0 Å². The van der Waals surface area contributed by atoms with E-state index in [0.717, 1.165) is 16.8 Å². The van der Waals surface area contributed by atoms with Crippen molar-refractivity contribution in [2.45, 2.75) is 24.5 Å². The average Bonchev–Trinajstić information content (AvgIpc) is 2.64. The van der Waals surface area contributed by atoms with Gasteiger partial charge in [-0.1, -0.05) is 12.2 Å². The molecule has 1 aliphatic heterocycles. The summed E-state index contributed by atoms with van der Waals surface area (Å²) in [5.41, 5.74) is -4.62. The zero-order valence-corrected chi connectivity index (χ0v) is 13.0. The zero-order chi connectivity index (χ0) is 15.8. The third-order valence-electron chi connectivity index (χ3n) is 2.87. The molecule has 0 aliphatic carbocycles. The van der Waals surface area contributed by atoms with Crippen molar-refractivity contribution in [3.05, 3.63) is 33.1 Å². The van der Waals surface area contributed by atoms with E-state index in [4.69, 9.17) is 9.26 Å². The van der Waals surface area contributed by atoms with Crippen LogP contribution in [-0.4, -0.2) is 49.6 Å². The van der Waals surface area contributed by atoms with E-state index in [-0.39, 0.29) is 6.61 Å². The fourth-order valence-electron chi connectivity index (χ4n) is 1.89. The van der Waals surface area contributed by atoms with Crippen LogP contribution in [0, 0.1) is 0 Å². The van der Waals surface area contributed by atoms with Crippen molar-refractivity contribution in [3.8, 4) is 0 Å². The molecule has 118 valence electrons. The van der Waals surface area contributed by atoms with Crippen LogP contribution >= 0.6 is 17.9 Å². The van der Waals surface area contributed by atoms with Crippen molar-refractivity contribution in [2.75, 3.05) is 6.61 Å². The van der Waals surface area contributed by atoms with E-state index in [2.05, 4.69) is 24.1 Å². The summed E-state index contributed by atoms with van der Waals surface area (Å²) in [5.74, 6) is 0. The molecule has 1 fully saturated rings. The van der Waals surface area contributed by atoms with Crippen molar-refractivity contribution in [3.63, 3.8) is 0 Å². The van der Waals surface area contributed by atoms with Gasteiger partial charge in [0.15, 0.2) is 6.23 Å². The molecule has 9 nitrogen and oxygen atoms in total. The van der Waals surface area contributed by atoms with E-state index in [1.54, 1.807) is 0 Å². The summed E-state index contributed by atoms with van der Waals surface area (Å²) in [7, 11) is 0. The maximum atomic E-state index is 11.6. The number of hydrogen-bond acceptors (Lipinski definition) is 7. The molecule has 0 spiro atoms. The Morgan fingerprint density at radius 2 is 2.14 bits per heavy atom. The lowest BCUT2D eigenvalue weighted by atomic mass is 10.1. The Kier molecular flexibility index (Phi) is 5.06. The Balaban J connectivity index is 2.18. The number of aliphatic hydroxyl groups excluding tert-OH is 2. The normalized spacial score (nSPS) is 32.0. The zero-order valence-electron chi connectivity index (χ0n) is 10.4. The van der Waals surface area contributed by atoms with Crippen molar-refractivity contribution in [1.82, 2.24) is 9.55 Å². The van der Waals surface area contributed by atoms with Crippen molar-refractivity contribution < 1.29 is 24.4 Å². The van der Waals surface area contributed by atoms with Gasteiger partial charge >= 0.3 is 5.69 Å². The minimum absolute atomic E-state index is 0.301. The van der Waals surface area contributed by atoms with Crippen LogP contribution in [0.15, 0.2) is 21.9 Å². The summed E-state index contributed by atoms with van der Waals surface area (Å²) in [5, 5.41) is 19.8. The first kappa shape index (κ1) is 16.8. The second-order valence-electron chi connectivity index (χ2n) is 4.35. The van der Waals surface area contributed by atoms with E-state index < -0.39 is 41.5 Å². The fraction of sp³-hybridized carbons (Fsp3) is 0.556. The molecule has 0 bridgehead atoms. The highest BCUT2D eigenvalue weighted by Crippen LogP contribution is 2.47. The van der Waals surface area contributed by atoms with Crippen LogP contribution in [0.3, 0.4) is 0 Å². The molecule has 0 aromatic carbocycles. The second-order valence-corrected chi connectivity index (χ2v) is 9.51. The standard InChI is InChI=1S/C9H13N2O7PS2/c12-5-1-2-11(9(15)10-5)8-7(14)6(13)4(18-8)3-17-19(16,20)21/h1-2,4,6-8,13-14H,3H2,(H,10,12,15)(H2,16,20,21)/t4-,6-,7-,8-/m1/s1. The van der Waals surface area contributed by atoms with E-state index in [1.165, 1.54) is 0 Å². The van der Waals surface area contributed by atoms with Crippen molar-refractivity contribution in [1.29, 1.82) is 0 Å². The Labute approximate surface area is 128 Å². The van der Waals surface area contributed by atoms with Crippen LogP contribution in [0.4, 0.5) is 0 Å². The number of nitrogens with zero attached hydrogens (tertiary/aromatic N) is 1. The second kappa shape index (κ2) is 6.31. The molecule has 1 unspecified atom stereocenters. The van der Waals surface area contributed by atoms with Gasteiger partial charge in [0.1, 0.15) is 18.3 Å². The van der Waals surface area contributed by atoms with Gasteiger partial charge in [-0.3, -0.25) is 14.3 Å². The van der Waals surface area contributed by atoms with Crippen molar-refractivity contribution in [2.24, 2.45) is 0 Å². The first-order valence-electron chi connectivity index (χ1n) is 5.72. The maximum Gasteiger partial charge on any atom is 0.330 e. The molecule has 5 atom stereocenters. The van der Waals surface area contributed by atoms with Gasteiger partial charge in [-0.25, -0.2) is 4.79 Å². The highest BCUT2D eigenvalue weighted by atomic mass is 32.9. The number of thiol groups is 1. The van der Waals surface area contributed by atoms with Gasteiger partial charge in [-0.05, 0) is 11.8 Å². The SMILES string of the molecule is O=c1ccn([C@@H]2O[C@H](COP(O)(=S)S)[C@@H](O)[C@H]2O)c(=O)[nH]1. The molecule has 21 heavy (non-hydrogen) atoms. The topological polar surface area (TPSA) is 134 Å². The number of H-pyrrole nitrogens is 1. The number of hydrogen-bond donors (Lipinski definition) is 5. The van der Waals surface area contributed by atoms with Gasteiger partial charge < -0.3 is 24.4 Å². The molecule has 1 aliphatic rings. The largest absolute Gasteiger partial charge is 0.387 e. The van der Waals surface area contributed by atoms with Gasteiger partial charge in [0, 0.05) is 12.3 Å². The van der Waals surface area contributed by atoms with Gasteiger partial charge in [0.2, 0.25) is 5.69 Å². The van der Waals surface area contributed by atoms with Gasteiger partial charge in [0.05, 0.1) is 6.61 Å². The van der Waals surface area contributed by atoms with Crippen molar-refractivity contribution >= 4 is 29.7 Å². The number of nitrogens with one attached hydrogen (secondary N) is 1. The molecule has 12 heteroatoms. The summed E-state index contributed by atoms with van der Waals surface area (Å²) in [6, 6.07) is 1.08. The summed E-state index contributed by atoms with van der Waals surface area (Å²) >= 11 is 8.22. The highest BCUT2D eigenvalue weighted by molar-refractivity contribution is 8.59. The molecule has 0 amide bonds. The quantitative estimate of drug-likeness (QED) is 0.319. The first-order chi connectivity index (χ1) is 9.69. The van der Waals surface area contributed by atoms with Crippen LogP contribution in [0.2, 0.25) is 0 Å². The van der Waals surface area contributed by atoms with E-state index in [9.17, 15) is 24.7 Å². The van der Waals surface area contributed by atoms with E-state index in [1.807, 2.05) is 4.98 Å². The number of aliphatic hydroxyl groups is 2. The number of aromatic amines is 1. The average molecular weight is 356 g/mol. The summed E-state index contributed by atoms with van der Waals surface area (Å²) < 4.78 is 11.1. The predicted octanol–water partition coefficient (Wildman–Crippen LogP) is -1.68. The molecular formula is C9H13N2O7PS2. The molecule has 1 saturated heterocycles. The summed E-state index contributed by atoms with van der Waals surface area (Å²) in [6.07, 6.45) is -3.85. The lowest BCUT2D eigenvalue weighted by molar-refractivity contribution is -0.0511. The van der Waals surface area contributed by atoms with E-state index >= 15 is 0 Å². The molecule has 1 aromatic rings.